The smallest absolute Gasteiger partial charge is 0.195 e. The maximum Gasteiger partial charge on any atom is 0.195 e. The molecule has 0 unspecified atom stereocenters. The fourth-order valence-electron chi connectivity index (χ4n) is 1.88. The maximum absolute atomic E-state index is 5.16. The summed E-state index contributed by atoms with van der Waals surface area (Å²) in [5.41, 5.74) is 2.64. The van der Waals surface area contributed by atoms with E-state index in [4.69, 9.17) is 12.2 Å². The molecule has 1 N–H and O–H groups in total. The Morgan fingerprint density at radius 3 is 2.59 bits per heavy atom. The molecule has 4 heteroatoms. The van der Waals surface area contributed by atoms with Gasteiger partial charge in [-0.05, 0) is 38.0 Å². The quantitative estimate of drug-likeness (QED) is 0.842. The highest BCUT2D eigenvalue weighted by molar-refractivity contribution is 7.71. The maximum atomic E-state index is 5.16. The molecule has 1 heterocycles. The number of aryl methyl sites for hydroxylation is 3. The number of nitrogens with zero attached hydrogens (tertiary/aromatic N) is 2. The van der Waals surface area contributed by atoms with Gasteiger partial charge >= 0.3 is 0 Å². The van der Waals surface area contributed by atoms with Crippen LogP contribution in [0, 0.1) is 11.7 Å². The highest BCUT2D eigenvalue weighted by Gasteiger charge is 2.04. The molecule has 2 rings (SSSR count). The fraction of sp³-hybridized carbons (Fsp3) is 0.385. The first kappa shape index (κ1) is 12.0. The minimum atomic E-state index is 0.714. The number of hydrogen-bond donors (Lipinski definition) is 1. The highest BCUT2D eigenvalue weighted by Crippen LogP contribution is 2.07. The molecule has 0 amide bonds. The molecule has 1 aromatic carbocycles. The Balaban J connectivity index is 2.07. The number of benzene rings is 1. The zero-order chi connectivity index (χ0) is 12.3. The van der Waals surface area contributed by atoms with Crippen molar-refractivity contribution in [3.05, 3.63) is 46.0 Å². The van der Waals surface area contributed by atoms with Crippen LogP contribution >= 0.6 is 12.2 Å². The standard InChI is InChI=1S/C13H17N3S/c1-3-16-12(14-15-13(16)17)9-8-11-6-4-10(2)5-7-11/h4-7H,3,8-9H2,1-2H3,(H,15,17). The van der Waals surface area contributed by atoms with Gasteiger partial charge < -0.3 is 4.57 Å². The average Bonchev–Trinajstić information content (AvgIpc) is 2.69. The van der Waals surface area contributed by atoms with Gasteiger partial charge in [0.1, 0.15) is 5.82 Å². The summed E-state index contributed by atoms with van der Waals surface area (Å²) in [4.78, 5) is 0. The second kappa shape index (κ2) is 5.27. The molecule has 90 valence electrons. The largest absolute Gasteiger partial charge is 0.304 e. The fourth-order valence-corrected chi connectivity index (χ4v) is 2.16. The third-order valence-electron chi connectivity index (χ3n) is 2.91. The molecule has 0 saturated carbocycles. The van der Waals surface area contributed by atoms with E-state index in [1.807, 2.05) is 4.57 Å². The molecule has 0 aliphatic heterocycles. The van der Waals surface area contributed by atoms with Crippen molar-refractivity contribution in [1.29, 1.82) is 0 Å². The zero-order valence-corrected chi connectivity index (χ0v) is 11.0. The van der Waals surface area contributed by atoms with Crippen LogP contribution in [0.25, 0.3) is 0 Å². The summed E-state index contributed by atoms with van der Waals surface area (Å²) in [6, 6.07) is 8.64. The zero-order valence-electron chi connectivity index (χ0n) is 10.2. The Morgan fingerprint density at radius 2 is 1.94 bits per heavy atom. The van der Waals surface area contributed by atoms with Crippen molar-refractivity contribution in [2.45, 2.75) is 33.2 Å². The second-order valence-electron chi connectivity index (χ2n) is 4.17. The van der Waals surface area contributed by atoms with E-state index < -0.39 is 0 Å². The van der Waals surface area contributed by atoms with Crippen LogP contribution in [0.2, 0.25) is 0 Å². The Labute approximate surface area is 106 Å². The van der Waals surface area contributed by atoms with Gasteiger partial charge in [-0.1, -0.05) is 29.8 Å². The predicted molar refractivity (Wildman–Crippen MR) is 71.7 cm³/mol. The van der Waals surface area contributed by atoms with Gasteiger partial charge in [-0.15, -0.1) is 0 Å². The summed E-state index contributed by atoms with van der Waals surface area (Å²) < 4.78 is 2.76. The monoisotopic (exact) mass is 247 g/mol. The number of aromatic nitrogens is 3. The van der Waals surface area contributed by atoms with Gasteiger partial charge in [-0.2, -0.15) is 5.10 Å². The molecule has 0 atom stereocenters. The van der Waals surface area contributed by atoms with E-state index in [1.165, 1.54) is 11.1 Å². The van der Waals surface area contributed by atoms with E-state index >= 15 is 0 Å². The van der Waals surface area contributed by atoms with E-state index in [2.05, 4.69) is 48.3 Å². The topological polar surface area (TPSA) is 33.6 Å². The first-order chi connectivity index (χ1) is 8.20. The van der Waals surface area contributed by atoms with Crippen molar-refractivity contribution in [1.82, 2.24) is 14.8 Å². The minimum Gasteiger partial charge on any atom is -0.304 e. The lowest BCUT2D eigenvalue weighted by atomic mass is 10.1. The van der Waals surface area contributed by atoms with Gasteiger partial charge in [0.25, 0.3) is 0 Å². The second-order valence-corrected chi connectivity index (χ2v) is 4.56. The van der Waals surface area contributed by atoms with Crippen LogP contribution in [-0.2, 0) is 19.4 Å². The molecule has 0 bridgehead atoms. The Kier molecular flexibility index (Phi) is 3.74. The molecular formula is C13H17N3S. The lowest BCUT2D eigenvalue weighted by Gasteiger charge is -2.04. The third kappa shape index (κ3) is 2.82. The molecule has 17 heavy (non-hydrogen) atoms. The van der Waals surface area contributed by atoms with Gasteiger partial charge in [0, 0.05) is 13.0 Å². The summed E-state index contributed by atoms with van der Waals surface area (Å²) in [5, 5.41) is 7.11. The van der Waals surface area contributed by atoms with Crippen LogP contribution in [-0.4, -0.2) is 14.8 Å². The lowest BCUT2D eigenvalue weighted by molar-refractivity contribution is 0.682. The summed E-state index contributed by atoms with van der Waals surface area (Å²) in [5.74, 6) is 1.04. The third-order valence-corrected chi connectivity index (χ3v) is 3.22. The molecule has 2 aromatic rings. The van der Waals surface area contributed by atoms with Crippen LogP contribution in [0.3, 0.4) is 0 Å². The molecular weight excluding hydrogens is 230 g/mol. The number of aromatic amines is 1. The first-order valence-electron chi connectivity index (χ1n) is 5.90. The van der Waals surface area contributed by atoms with Gasteiger partial charge in [-0.25, -0.2) is 0 Å². The van der Waals surface area contributed by atoms with E-state index in [0.29, 0.717) is 4.77 Å². The van der Waals surface area contributed by atoms with E-state index in [0.717, 1.165) is 25.2 Å². The Hall–Kier alpha value is -1.42. The van der Waals surface area contributed by atoms with E-state index in [1.54, 1.807) is 0 Å². The Bertz CT molecular complexity index is 537. The lowest BCUT2D eigenvalue weighted by Crippen LogP contribution is -2.03. The van der Waals surface area contributed by atoms with Crippen molar-refractivity contribution in [2.24, 2.45) is 0 Å². The summed E-state index contributed by atoms with van der Waals surface area (Å²) in [6.07, 6.45) is 1.92. The molecule has 1 aromatic heterocycles. The van der Waals surface area contributed by atoms with Crippen LogP contribution < -0.4 is 0 Å². The Morgan fingerprint density at radius 1 is 1.24 bits per heavy atom. The van der Waals surface area contributed by atoms with Crippen molar-refractivity contribution in [3.63, 3.8) is 0 Å². The van der Waals surface area contributed by atoms with Gasteiger partial charge in [0.2, 0.25) is 0 Å². The van der Waals surface area contributed by atoms with Crippen molar-refractivity contribution in [2.75, 3.05) is 0 Å². The van der Waals surface area contributed by atoms with Crippen LogP contribution in [0.4, 0.5) is 0 Å². The van der Waals surface area contributed by atoms with E-state index in [9.17, 15) is 0 Å². The van der Waals surface area contributed by atoms with Gasteiger partial charge in [0.15, 0.2) is 4.77 Å². The molecule has 0 spiro atoms. The minimum absolute atomic E-state index is 0.714. The van der Waals surface area contributed by atoms with Crippen LogP contribution in [0.15, 0.2) is 24.3 Å². The van der Waals surface area contributed by atoms with Crippen molar-refractivity contribution in [3.8, 4) is 0 Å². The molecule has 0 aliphatic rings. The van der Waals surface area contributed by atoms with Gasteiger partial charge in [-0.3, -0.25) is 5.10 Å². The SMILES string of the molecule is CCn1c(CCc2ccc(C)cc2)n[nH]c1=S. The molecule has 3 nitrogen and oxygen atoms in total. The average molecular weight is 247 g/mol. The first-order valence-corrected chi connectivity index (χ1v) is 6.31. The number of hydrogen-bond acceptors (Lipinski definition) is 2. The number of rotatable bonds is 4. The molecule has 0 saturated heterocycles. The van der Waals surface area contributed by atoms with Crippen LogP contribution in [0.5, 0.6) is 0 Å². The highest BCUT2D eigenvalue weighted by atomic mass is 32.1. The van der Waals surface area contributed by atoms with E-state index in [-0.39, 0.29) is 0 Å². The molecule has 0 fully saturated rings. The van der Waals surface area contributed by atoms with Gasteiger partial charge in [0.05, 0.1) is 0 Å². The van der Waals surface area contributed by atoms with Crippen LogP contribution in [0.1, 0.15) is 23.9 Å². The molecule has 0 radical (unpaired) electrons. The summed E-state index contributed by atoms with van der Waals surface area (Å²) in [7, 11) is 0. The summed E-state index contributed by atoms with van der Waals surface area (Å²) >= 11 is 5.16. The summed E-state index contributed by atoms with van der Waals surface area (Å²) in [6.45, 7) is 5.06. The van der Waals surface area contributed by atoms with Crippen molar-refractivity contribution >= 4 is 12.2 Å². The normalized spacial score (nSPS) is 10.7. The number of nitrogens with one attached hydrogen (secondary N) is 1. The van der Waals surface area contributed by atoms with Crippen molar-refractivity contribution < 1.29 is 0 Å². The number of H-pyrrole nitrogens is 1. The predicted octanol–water partition coefficient (Wildman–Crippen LogP) is 3.05. The molecule has 0 aliphatic carbocycles.